The number of hydrogen-bond donors (Lipinski definition) is 0. The molecule has 0 aliphatic carbocycles. The molecule has 25 heavy (non-hydrogen) atoms. The first-order chi connectivity index (χ1) is 12.0. The molecule has 2 aromatic rings. The number of benzene rings is 2. The van der Waals surface area contributed by atoms with Crippen molar-refractivity contribution < 1.29 is 28.5 Å². The molecule has 6 nitrogen and oxygen atoms in total. The van der Waals surface area contributed by atoms with Crippen LogP contribution in [0.3, 0.4) is 0 Å². The predicted molar refractivity (Wildman–Crippen MR) is 91.6 cm³/mol. The molecule has 0 radical (unpaired) electrons. The summed E-state index contributed by atoms with van der Waals surface area (Å²) in [7, 11) is 2.63. The molecule has 0 atom stereocenters. The van der Waals surface area contributed by atoms with E-state index in [1.165, 1.54) is 20.3 Å². The molecule has 2 rings (SSSR count). The Kier molecular flexibility index (Phi) is 6.65. The minimum atomic E-state index is -0.466. The number of carbonyl (C=O) groups is 2. The molecule has 0 amide bonds. The first-order valence-electron chi connectivity index (χ1n) is 7.37. The predicted octanol–water partition coefficient (Wildman–Crippen LogP) is 3.37. The Morgan fingerprint density at radius 1 is 0.840 bits per heavy atom. The maximum Gasteiger partial charge on any atom is 0.337 e. The van der Waals surface area contributed by atoms with E-state index in [-0.39, 0.29) is 13.2 Å². The maximum atomic E-state index is 11.4. The number of carbonyl (C=O) groups excluding carboxylic acids is 2. The van der Waals surface area contributed by atoms with Gasteiger partial charge in [-0.1, -0.05) is 11.6 Å². The van der Waals surface area contributed by atoms with Crippen LogP contribution in [0, 0.1) is 0 Å². The van der Waals surface area contributed by atoms with Crippen LogP contribution in [0.1, 0.15) is 20.7 Å². The number of halogens is 1. The minimum absolute atomic E-state index is 0.260. The Bertz CT molecular complexity index is 742. The van der Waals surface area contributed by atoms with Gasteiger partial charge in [0, 0.05) is 0 Å². The fourth-order valence-corrected chi connectivity index (χ4v) is 2.21. The fraction of sp³-hybridized carbons (Fsp3) is 0.222. The molecule has 0 saturated carbocycles. The summed E-state index contributed by atoms with van der Waals surface area (Å²) in [5.41, 5.74) is 0.797. The Morgan fingerprint density at radius 3 is 2.00 bits per heavy atom. The van der Waals surface area contributed by atoms with Gasteiger partial charge in [-0.15, -0.1) is 0 Å². The van der Waals surface area contributed by atoms with Crippen LogP contribution >= 0.6 is 11.6 Å². The summed E-state index contributed by atoms with van der Waals surface area (Å²) in [5.74, 6) is 0.175. The smallest absolute Gasteiger partial charge is 0.337 e. The molecule has 2 aromatic carbocycles. The van der Waals surface area contributed by atoms with Crippen molar-refractivity contribution in [1.29, 1.82) is 0 Å². The third-order valence-electron chi connectivity index (χ3n) is 3.24. The standard InChI is InChI=1S/C18H17ClO6/c1-22-17(20)12-3-6-14(7-4-12)24-9-10-25-16-8-5-13(11-15(16)19)18(21)23-2/h3-8,11H,9-10H2,1-2H3. The SMILES string of the molecule is COC(=O)c1ccc(OCCOc2ccc(C(=O)OC)cc2Cl)cc1. The second-order valence-corrected chi connectivity index (χ2v) is 5.26. The van der Waals surface area contributed by atoms with Gasteiger partial charge in [0.2, 0.25) is 0 Å². The third kappa shape index (κ3) is 5.12. The highest BCUT2D eigenvalue weighted by Gasteiger charge is 2.09. The molecular formula is C18H17ClO6. The summed E-state index contributed by atoms with van der Waals surface area (Å²) >= 11 is 6.07. The number of esters is 2. The van der Waals surface area contributed by atoms with E-state index in [4.69, 9.17) is 21.1 Å². The Balaban J connectivity index is 1.83. The first kappa shape index (κ1) is 18.6. The van der Waals surface area contributed by atoms with Gasteiger partial charge in [-0.25, -0.2) is 9.59 Å². The van der Waals surface area contributed by atoms with Crippen LogP contribution < -0.4 is 9.47 Å². The van der Waals surface area contributed by atoms with Gasteiger partial charge in [0.05, 0.1) is 30.4 Å². The van der Waals surface area contributed by atoms with E-state index in [1.807, 2.05) is 0 Å². The fourth-order valence-electron chi connectivity index (χ4n) is 1.98. The number of rotatable bonds is 7. The molecule has 0 bridgehead atoms. The lowest BCUT2D eigenvalue weighted by atomic mass is 10.2. The number of ether oxygens (including phenoxy) is 4. The second kappa shape index (κ2) is 8.94. The zero-order valence-corrected chi connectivity index (χ0v) is 14.5. The molecule has 0 unspecified atom stereocenters. The normalized spacial score (nSPS) is 10.0. The van der Waals surface area contributed by atoms with Crippen molar-refractivity contribution in [3.05, 3.63) is 58.6 Å². The Hall–Kier alpha value is -2.73. The lowest BCUT2D eigenvalue weighted by molar-refractivity contribution is 0.0591. The van der Waals surface area contributed by atoms with Gasteiger partial charge in [0.15, 0.2) is 0 Å². The summed E-state index contributed by atoms with van der Waals surface area (Å²) < 4.78 is 20.3. The van der Waals surface area contributed by atoms with Crippen molar-refractivity contribution >= 4 is 23.5 Å². The van der Waals surface area contributed by atoms with Crippen molar-refractivity contribution in [3.63, 3.8) is 0 Å². The molecule has 0 saturated heterocycles. The quantitative estimate of drug-likeness (QED) is 0.554. The average molecular weight is 365 g/mol. The van der Waals surface area contributed by atoms with E-state index in [1.54, 1.807) is 36.4 Å². The summed E-state index contributed by atoms with van der Waals surface area (Å²) in [5, 5.41) is 0.310. The molecule has 0 aromatic heterocycles. The van der Waals surface area contributed by atoms with Crippen molar-refractivity contribution in [2.24, 2.45) is 0 Å². The molecular weight excluding hydrogens is 348 g/mol. The Labute approximate surface area is 150 Å². The van der Waals surface area contributed by atoms with Gasteiger partial charge in [-0.2, -0.15) is 0 Å². The van der Waals surface area contributed by atoms with Gasteiger partial charge in [-0.05, 0) is 42.5 Å². The molecule has 7 heteroatoms. The van der Waals surface area contributed by atoms with E-state index in [2.05, 4.69) is 9.47 Å². The van der Waals surface area contributed by atoms with Crippen molar-refractivity contribution in [1.82, 2.24) is 0 Å². The van der Waals surface area contributed by atoms with E-state index < -0.39 is 11.9 Å². The highest BCUT2D eigenvalue weighted by molar-refractivity contribution is 6.32. The van der Waals surface area contributed by atoms with Crippen LogP contribution in [0.25, 0.3) is 0 Å². The van der Waals surface area contributed by atoms with E-state index in [0.717, 1.165) is 0 Å². The lowest BCUT2D eigenvalue weighted by Gasteiger charge is -2.10. The zero-order valence-electron chi connectivity index (χ0n) is 13.8. The lowest BCUT2D eigenvalue weighted by Crippen LogP contribution is -2.10. The first-order valence-corrected chi connectivity index (χ1v) is 7.74. The van der Waals surface area contributed by atoms with Crippen LogP contribution in [0.2, 0.25) is 5.02 Å². The van der Waals surface area contributed by atoms with Crippen LogP contribution in [0.5, 0.6) is 11.5 Å². The second-order valence-electron chi connectivity index (χ2n) is 4.85. The van der Waals surface area contributed by atoms with Crippen LogP contribution in [-0.2, 0) is 9.47 Å². The summed E-state index contributed by atoms with van der Waals surface area (Å²) in [4.78, 5) is 22.7. The summed E-state index contributed by atoms with van der Waals surface area (Å²) in [6, 6.07) is 11.2. The average Bonchev–Trinajstić information content (AvgIpc) is 2.65. The molecule has 0 heterocycles. The van der Waals surface area contributed by atoms with Crippen LogP contribution in [-0.4, -0.2) is 39.4 Å². The monoisotopic (exact) mass is 364 g/mol. The topological polar surface area (TPSA) is 71.1 Å². The summed E-state index contributed by atoms with van der Waals surface area (Å²) in [6.45, 7) is 0.544. The number of methoxy groups -OCH3 is 2. The van der Waals surface area contributed by atoms with Gasteiger partial charge >= 0.3 is 11.9 Å². The third-order valence-corrected chi connectivity index (χ3v) is 3.53. The van der Waals surface area contributed by atoms with Crippen LogP contribution in [0.15, 0.2) is 42.5 Å². The van der Waals surface area contributed by atoms with E-state index in [9.17, 15) is 9.59 Å². The summed E-state index contributed by atoms with van der Waals surface area (Å²) in [6.07, 6.45) is 0. The molecule has 0 aliphatic heterocycles. The molecule has 132 valence electrons. The molecule has 0 fully saturated rings. The molecule has 0 aliphatic rings. The largest absolute Gasteiger partial charge is 0.490 e. The number of hydrogen-bond acceptors (Lipinski definition) is 6. The van der Waals surface area contributed by atoms with Gasteiger partial charge in [0.1, 0.15) is 24.7 Å². The van der Waals surface area contributed by atoms with Crippen LogP contribution in [0.4, 0.5) is 0 Å². The van der Waals surface area contributed by atoms with Crippen molar-refractivity contribution in [2.45, 2.75) is 0 Å². The highest BCUT2D eigenvalue weighted by Crippen LogP contribution is 2.25. The van der Waals surface area contributed by atoms with Crippen molar-refractivity contribution in [2.75, 3.05) is 27.4 Å². The Morgan fingerprint density at radius 2 is 1.40 bits per heavy atom. The van der Waals surface area contributed by atoms with Gasteiger partial charge in [0.25, 0.3) is 0 Å². The van der Waals surface area contributed by atoms with Gasteiger partial charge < -0.3 is 18.9 Å². The minimum Gasteiger partial charge on any atom is -0.490 e. The highest BCUT2D eigenvalue weighted by atomic mass is 35.5. The maximum absolute atomic E-state index is 11.4. The molecule has 0 N–H and O–H groups in total. The van der Waals surface area contributed by atoms with E-state index >= 15 is 0 Å². The van der Waals surface area contributed by atoms with Gasteiger partial charge in [-0.3, -0.25) is 0 Å². The zero-order chi connectivity index (χ0) is 18.2. The molecule has 0 spiro atoms. The van der Waals surface area contributed by atoms with E-state index in [0.29, 0.717) is 27.6 Å². The van der Waals surface area contributed by atoms with Crippen molar-refractivity contribution in [3.8, 4) is 11.5 Å².